The highest BCUT2D eigenvalue weighted by Crippen LogP contribution is 2.34. The van der Waals surface area contributed by atoms with Crippen LogP contribution in [0.4, 0.5) is 13.2 Å². The van der Waals surface area contributed by atoms with Crippen LogP contribution in [0.5, 0.6) is 5.75 Å². The van der Waals surface area contributed by atoms with Gasteiger partial charge in [0.1, 0.15) is 18.1 Å². The van der Waals surface area contributed by atoms with Gasteiger partial charge in [0.25, 0.3) is 0 Å². The zero-order chi connectivity index (χ0) is 17.9. The van der Waals surface area contributed by atoms with E-state index in [9.17, 15) is 18.0 Å². The SMILES string of the molecule is CCc1cc(COc2ccc(C(F)(F)F)cc2Cl)nc(C(=O)O)c1. The number of benzene rings is 1. The normalized spacial score (nSPS) is 11.4. The van der Waals surface area contributed by atoms with Crippen LogP contribution in [0.1, 0.15) is 34.2 Å². The number of nitrogens with zero attached hydrogens (tertiary/aromatic N) is 1. The molecule has 0 aliphatic rings. The van der Waals surface area contributed by atoms with Gasteiger partial charge in [-0.3, -0.25) is 0 Å². The maximum absolute atomic E-state index is 12.6. The molecule has 4 nitrogen and oxygen atoms in total. The number of halogens is 4. The van der Waals surface area contributed by atoms with E-state index in [1.165, 1.54) is 6.07 Å². The van der Waals surface area contributed by atoms with Crippen molar-refractivity contribution in [1.82, 2.24) is 4.98 Å². The molecule has 1 aromatic heterocycles. The summed E-state index contributed by atoms with van der Waals surface area (Å²) in [6, 6.07) is 5.88. The van der Waals surface area contributed by atoms with Gasteiger partial charge in [0.15, 0.2) is 0 Å². The van der Waals surface area contributed by atoms with Gasteiger partial charge in [-0.2, -0.15) is 13.2 Å². The van der Waals surface area contributed by atoms with Gasteiger partial charge in [-0.1, -0.05) is 18.5 Å². The summed E-state index contributed by atoms with van der Waals surface area (Å²) in [5.74, 6) is -1.11. The molecule has 0 spiro atoms. The molecule has 0 unspecified atom stereocenters. The molecule has 24 heavy (non-hydrogen) atoms. The summed E-state index contributed by atoms with van der Waals surface area (Å²) in [6.45, 7) is 1.75. The highest BCUT2D eigenvalue weighted by atomic mass is 35.5. The molecule has 0 aliphatic heterocycles. The van der Waals surface area contributed by atoms with Crippen molar-refractivity contribution < 1.29 is 27.8 Å². The number of carboxylic acid groups (broad SMARTS) is 1. The van der Waals surface area contributed by atoms with Crippen molar-refractivity contribution in [3.63, 3.8) is 0 Å². The van der Waals surface area contributed by atoms with E-state index in [1.54, 1.807) is 6.07 Å². The van der Waals surface area contributed by atoms with E-state index < -0.39 is 17.7 Å². The van der Waals surface area contributed by atoms with Crippen molar-refractivity contribution in [2.75, 3.05) is 0 Å². The number of ether oxygens (including phenoxy) is 1. The van der Waals surface area contributed by atoms with Gasteiger partial charge in [-0.15, -0.1) is 0 Å². The van der Waals surface area contributed by atoms with Gasteiger partial charge in [-0.05, 0) is 42.3 Å². The largest absolute Gasteiger partial charge is 0.486 e. The number of hydrogen-bond donors (Lipinski definition) is 1. The quantitative estimate of drug-likeness (QED) is 0.848. The molecule has 0 bridgehead atoms. The molecule has 0 saturated carbocycles. The van der Waals surface area contributed by atoms with Crippen molar-refractivity contribution in [3.8, 4) is 5.75 Å². The van der Waals surface area contributed by atoms with Crippen molar-refractivity contribution in [3.05, 3.63) is 57.9 Å². The summed E-state index contributed by atoms with van der Waals surface area (Å²) in [4.78, 5) is 15.0. The van der Waals surface area contributed by atoms with Crippen LogP contribution >= 0.6 is 11.6 Å². The number of pyridine rings is 1. The molecule has 1 heterocycles. The molecule has 0 atom stereocenters. The van der Waals surface area contributed by atoms with Gasteiger partial charge in [0.05, 0.1) is 16.3 Å². The summed E-state index contributed by atoms with van der Waals surface area (Å²) >= 11 is 5.80. The Morgan fingerprint density at radius 3 is 2.54 bits per heavy atom. The van der Waals surface area contributed by atoms with E-state index in [2.05, 4.69) is 4.98 Å². The van der Waals surface area contributed by atoms with E-state index >= 15 is 0 Å². The Balaban J connectivity index is 2.19. The van der Waals surface area contributed by atoms with Crippen molar-refractivity contribution >= 4 is 17.6 Å². The Labute approximate surface area is 140 Å². The lowest BCUT2D eigenvalue weighted by Gasteiger charge is -2.12. The van der Waals surface area contributed by atoms with Crippen LogP contribution in [0.15, 0.2) is 30.3 Å². The molecule has 0 fully saturated rings. The molecule has 1 aromatic carbocycles. The monoisotopic (exact) mass is 359 g/mol. The number of alkyl halides is 3. The standard InChI is InChI=1S/C16H13ClF3NO3/c1-2-9-5-11(21-13(6-9)15(22)23)8-24-14-4-3-10(7-12(14)17)16(18,19)20/h3-7H,2,8H2,1H3,(H,22,23). The molecule has 128 valence electrons. The van der Waals surface area contributed by atoms with Crippen LogP contribution in [-0.4, -0.2) is 16.1 Å². The lowest BCUT2D eigenvalue weighted by atomic mass is 10.1. The Morgan fingerprint density at radius 2 is 2.00 bits per heavy atom. The van der Waals surface area contributed by atoms with E-state index in [4.69, 9.17) is 21.4 Å². The Bertz CT molecular complexity index is 763. The number of hydrogen-bond acceptors (Lipinski definition) is 3. The lowest BCUT2D eigenvalue weighted by molar-refractivity contribution is -0.137. The third kappa shape index (κ3) is 4.38. The third-order valence-electron chi connectivity index (χ3n) is 3.20. The van der Waals surface area contributed by atoms with Crippen molar-refractivity contribution in [2.24, 2.45) is 0 Å². The number of carboxylic acids is 1. The summed E-state index contributed by atoms with van der Waals surface area (Å²) in [5, 5.41) is 8.85. The van der Waals surface area contributed by atoms with E-state index in [0.717, 1.165) is 23.8 Å². The Hall–Kier alpha value is -2.28. The number of aryl methyl sites for hydroxylation is 1. The number of carbonyl (C=O) groups is 1. The molecule has 0 amide bonds. The topological polar surface area (TPSA) is 59.4 Å². The fraction of sp³-hybridized carbons (Fsp3) is 0.250. The van der Waals surface area contributed by atoms with E-state index in [1.807, 2.05) is 6.92 Å². The minimum absolute atomic E-state index is 0.0604. The van der Waals surface area contributed by atoms with E-state index in [0.29, 0.717) is 12.1 Å². The Kier molecular flexibility index (Phi) is 5.33. The van der Waals surface area contributed by atoms with Gasteiger partial charge in [0.2, 0.25) is 0 Å². The molecule has 1 N–H and O–H groups in total. The average Bonchev–Trinajstić information content (AvgIpc) is 2.52. The van der Waals surface area contributed by atoms with Crippen LogP contribution in [0.2, 0.25) is 5.02 Å². The zero-order valence-electron chi connectivity index (χ0n) is 12.5. The molecule has 2 rings (SSSR count). The van der Waals surface area contributed by atoms with Crippen LogP contribution in [0.3, 0.4) is 0 Å². The average molecular weight is 360 g/mol. The van der Waals surface area contributed by atoms with Crippen LogP contribution in [0.25, 0.3) is 0 Å². The second-order valence-corrected chi connectivity index (χ2v) is 5.35. The third-order valence-corrected chi connectivity index (χ3v) is 3.50. The molecule has 0 aliphatic carbocycles. The first-order valence-electron chi connectivity index (χ1n) is 6.93. The summed E-state index contributed by atoms with van der Waals surface area (Å²) in [7, 11) is 0. The predicted octanol–water partition coefficient (Wildman–Crippen LogP) is 4.59. The fourth-order valence-corrected chi connectivity index (χ4v) is 2.22. The predicted molar refractivity (Wildman–Crippen MR) is 81.4 cm³/mol. The number of aromatic carboxylic acids is 1. The van der Waals surface area contributed by atoms with Crippen molar-refractivity contribution in [1.29, 1.82) is 0 Å². The minimum Gasteiger partial charge on any atom is -0.486 e. The molecule has 8 heteroatoms. The highest BCUT2D eigenvalue weighted by Gasteiger charge is 2.31. The van der Waals surface area contributed by atoms with Crippen LogP contribution in [-0.2, 0) is 19.2 Å². The summed E-state index contributed by atoms with van der Waals surface area (Å²) < 4.78 is 43.1. The summed E-state index contributed by atoms with van der Waals surface area (Å²) in [5.41, 5.74) is 0.118. The van der Waals surface area contributed by atoms with Crippen LogP contribution in [0, 0.1) is 0 Å². The van der Waals surface area contributed by atoms with Gasteiger partial charge in [0, 0.05) is 0 Å². The zero-order valence-corrected chi connectivity index (χ0v) is 13.3. The van der Waals surface area contributed by atoms with Crippen LogP contribution < -0.4 is 4.74 Å². The highest BCUT2D eigenvalue weighted by molar-refractivity contribution is 6.32. The maximum Gasteiger partial charge on any atom is 0.416 e. The smallest absolute Gasteiger partial charge is 0.416 e. The van der Waals surface area contributed by atoms with E-state index in [-0.39, 0.29) is 23.1 Å². The first kappa shape index (κ1) is 18.1. The molecule has 0 radical (unpaired) electrons. The molecule has 2 aromatic rings. The second-order valence-electron chi connectivity index (χ2n) is 4.94. The maximum atomic E-state index is 12.6. The first-order valence-corrected chi connectivity index (χ1v) is 7.31. The lowest BCUT2D eigenvalue weighted by Crippen LogP contribution is -2.08. The molecular weight excluding hydrogens is 347 g/mol. The first-order chi connectivity index (χ1) is 11.2. The number of aromatic nitrogens is 1. The fourth-order valence-electron chi connectivity index (χ4n) is 1.98. The van der Waals surface area contributed by atoms with Gasteiger partial charge >= 0.3 is 12.1 Å². The summed E-state index contributed by atoms with van der Waals surface area (Å²) in [6.07, 6.45) is -3.88. The second kappa shape index (κ2) is 7.09. The number of rotatable bonds is 5. The molecule has 0 saturated heterocycles. The molecular formula is C16H13ClF3NO3. The van der Waals surface area contributed by atoms with Crippen molar-refractivity contribution in [2.45, 2.75) is 26.1 Å². The van der Waals surface area contributed by atoms with Gasteiger partial charge < -0.3 is 9.84 Å². The Morgan fingerprint density at radius 1 is 1.29 bits per heavy atom. The van der Waals surface area contributed by atoms with Gasteiger partial charge in [-0.25, -0.2) is 9.78 Å². The minimum atomic E-state index is -4.49.